The van der Waals surface area contributed by atoms with Crippen molar-refractivity contribution in [2.45, 2.75) is 44.9 Å². The molecule has 0 heterocycles. The predicted octanol–water partition coefficient (Wildman–Crippen LogP) is 4.18. The Bertz CT molecular complexity index is 685. The summed E-state index contributed by atoms with van der Waals surface area (Å²) >= 11 is 0. The maximum absolute atomic E-state index is 13.7. The highest BCUT2D eigenvalue weighted by Crippen LogP contribution is 2.32. The van der Waals surface area contributed by atoms with Crippen molar-refractivity contribution in [1.82, 2.24) is 0 Å². The van der Waals surface area contributed by atoms with Gasteiger partial charge in [-0.3, -0.25) is 4.72 Å². The third kappa shape index (κ3) is 6.14. The molecule has 0 aliphatic heterocycles. The van der Waals surface area contributed by atoms with Gasteiger partial charge in [0.25, 0.3) is 0 Å². The van der Waals surface area contributed by atoms with Crippen molar-refractivity contribution in [3.8, 4) is 0 Å². The summed E-state index contributed by atoms with van der Waals surface area (Å²) in [6, 6.07) is 1.60. The van der Waals surface area contributed by atoms with Gasteiger partial charge in [-0.05, 0) is 37.0 Å². The lowest BCUT2D eigenvalue weighted by atomic mass is 10.2. The number of sulfonamides is 1. The van der Waals surface area contributed by atoms with Gasteiger partial charge in [0.15, 0.2) is 0 Å². The van der Waals surface area contributed by atoms with Crippen LogP contribution in [0.1, 0.15) is 38.2 Å². The summed E-state index contributed by atoms with van der Waals surface area (Å²) < 4.78 is 83.4. The Morgan fingerprint density at radius 3 is 2.52 bits per heavy atom. The minimum atomic E-state index is -4.68. The Hall–Kier alpha value is -1.35. The minimum absolute atomic E-state index is 0.138. The molecular weight excluding hydrogens is 362 g/mol. The first-order valence-corrected chi connectivity index (χ1v) is 9.71. The van der Waals surface area contributed by atoms with E-state index in [9.17, 15) is 26.0 Å². The van der Waals surface area contributed by atoms with E-state index in [4.69, 9.17) is 4.74 Å². The van der Waals surface area contributed by atoms with Crippen LogP contribution in [0, 0.1) is 11.7 Å². The van der Waals surface area contributed by atoms with Gasteiger partial charge in [-0.1, -0.05) is 19.8 Å². The van der Waals surface area contributed by atoms with Crippen LogP contribution in [0.5, 0.6) is 0 Å². The molecule has 1 unspecified atom stereocenters. The summed E-state index contributed by atoms with van der Waals surface area (Å²) in [7, 11) is -4.00. The Kier molecular flexibility index (Phi) is 6.31. The molecule has 1 aliphatic rings. The van der Waals surface area contributed by atoms with E-state index in [2.05, 4.69) is 0 Å². The molecule has 142 valence electrons. The van der Waals surface area contributed by atoms with Crippen molar-refractivity contribution in [1.29, 1.82) is 0 Å². The second kappa shape index (κ2) is 7.90. The summed E-state index contributed by atoms with van der Waals surface area (Å²) in [6.45, 7) is 1.90. The maximum Gasteiger partial charge on any atom is 0.416 e. The number of rotatable bonds is 7. The van der Waals surface area contributed by atoms with Gasteiger partial charge in [-0.2, -0.15) is 13.2 Å². The molecule has 0 spiro atoms. The molecular formula is C16H21F4NO3S. The average Bonchev–Trinajstić information content (AvgIpc) is 2.99. The number of hydrogen-bond donors (Lipinski definition) is 1. The van der Waals surface area contributed by atoms with E-state index in [1.807, 2.05) is 4.72 Å². The maximum atomic E-state index is 13.7. The summed E-state index contributed by atoms with van der Waals surface area (Å²) in [5.74, 6) is -1.80. The van der Waals surface area contributed by atoms with Gasteiger partial charge in [0, 0.05) is 0 Å². The molecule has 1 fully saturated rings. The first-order valence-electron chi connectivity index (χ1n) is 8.05. The first kappa shape index (κ1) is 20.0. The van der Waals surface area contributed by atoms with Gasteiger partial charge < -0.3 is 4.74 Å². The lowest BCUT2D eigenvalue weighted by Gasteiger charge is -2.17. The second-order valence-electron chi connectivity index (χ2n) is 6.42. The van der Waals surface area contributed by atoms with E-state index in [0.717, 1.165) is 25.7 Å². The zero-order valence-corrected chi connectivity index (χ0v) is 14.6. The van der Waals surface area contributed by atoms with Crippen molar-refractivity contribution in [3.05, 3.63) is 29.6 Å². The highest BCUT2D eigenvalue weighted by Gasteiger charge is 2.31. The van der Waals surface area contributed by atoms with Crippen LogP contribution in [0.25, 0.3) is 0 Å². The van der Waals surface area contributed by atoms with Crippen molar-refractivity contribution < 1.29 is 30.7 Å². The predicted molar refractivity (Wildman–Crippen MR) is 86.2 cm³/mol. The normalized spacial score (nSPS) is 17.6. The van der Waals surface area contributed by atoms with Gasteiger partial charge in [-0.15, -0.1) is 0 Å². The molecule has 0 amide bonds. The van der Waals surface area contributed by atoms with Gasteiger partial charge in [0.05, 0.1) is 29.7 Å². The Balaban J connectivity index is 1.97. The van der Waals surface area contributed by atoms with E-state index in [1.54, 1.807) is 6.92 Å². The van der Waals surface area contributed by atoms with Crippen LogP contribution >= 0.6 is 0 Å². The summed E-state index contributed by atoms with van der Waals surface area (Å²) in [6.07, 6.45) is -0.461. The third-order valence-corrected chi connectivity index (χ3v) is 5.52. The number of anilines is 1. The standard InChI is InChI=1S/C16H21F4NO3S/c1-11(9-24-13-4-2-3-5-13)10-25(22,23)21-15-8-12(16(18,19)20)6-7-14(15)17/h6-8,11,13,21H,2-5,9-10H2,1H3. The zero-order chi connectivity index (χ0) is 18.7. The van der Waals surface area contributed by atoms with E-state index >= 15 is 0 Å². The minimum Gasteiger partial charge on any atom is -0.378 e. The quantitative estimate of drug-likeness (QED) is 0.719. The molecule has 1 N–H and O–H groups in total. The van der Waals surface area contributed by atoms with Crippen LogP contribution in [0.4, 0.5) is 23.2 Å². The molecule has 0 bridgehead atoms. The Labute approximate surface area is 144 Å². The molecule has 0 aromatic heterocycles. The fourth-order valence-electron chi connectivity index (χ4n) is 2.77. The van der Waals surface area contributed by atoms with Crippen molar-refractivity contribution in [2.75, 3.05) is 17.1 Å². The molecule has 4 nitrogen and oxygen atoms in total. The molecule has 1 aromatic rings. The largest absolute Gasteiger partial charge is 0.416 e. The van der Waals surface area contributed by atoms with E-state index in [0.29, 0.717) is 18.2 Å². The van der Waals surface area contributed by atoms with Crippen molar-refractivity contribution in [3.63, 3.8) is 0 Å². The molecule has 1 aliphatic carbocycles. The Morgan fingerprint density at radius 1 is 1.28 bits per heavy atom. The Morgan fingerprint density at radius 2 is 1.92 bits per heavy atom. The molecule has 2 rings (SSSR count). The number of nitrogens with one attached hydrogen (secondary N) is 1. The van der Waals surface area contributed by atoms with Gasteiger partial charge in [-0.25, -0.2) is 12.8 Å². The van der Waals surface area contributed by atoms with Crippen LogP contribution in [0.2, 0.25) is 0 Å². The number of hydrogen-bond acceptors (Lipinski definition) is 3. The lowest BCUT2D eigenvalue weighted by Crippen LogP contribution is -2.26. The molecule has 1 aromatic carbocycles. The topological polar surface area (TPSA) is 55.4 Å². The second-order valence-corrected chi connectivity index (χ2v) is 8.19. The summed E-state index contributed by atoms with van der Waals surface area (Å²) in [4.78, 5) is 0. The van der Waals surface area contributed by atoms with Gasteiger partial charge in [0.2, 0.25) is 10.0 Å². The lowest BCUT2D eigenvalue weighted by molar-refractivity contribution is -0.137. The van der Waals surface area contributed by atoms with Crippen LogP contribution < -0.4 is 4.72 Å². The van der Waals surface area contributed by atoms with Crippen LogP contribution in [-0.4, -0.2) is 26.9 Å². The smallest absolute Gasteiger partial charge is 0.378 e. The fourth-order valence-corrected chi connectivity index (χ4v) is 4.19. The van der Waals surface area contributed by atoms with Gasteiger partial charge >= 0.3 is 6.18 Å². The SMILES string of the molecule is CC(COC1CCCC1)CS(=O)(=O)Nc1cc(C(F)(F)F)ccc1F. The molecule has 1 atom stereocenters. The van der Waals surface area contributed by atoms with Crippen molar-refractivity contribution >= 4 is 15.7 Å². The number of benzene rings is 1. The molecule has 9 heteroatoms. The number of halogens is 4. The van der Waals surface area contributed by atoms with Crippen LogP contribution in [0.15, 0.2) is 18.2 Å². The number of alkyl halides is 3. The van der Waals surface area contributed by atoms with Crippen molar-refractivity contribution in [2.24, 2.45) is 5.92 Å². The van der Waals surface area contributed by atoms with E-state index < -0.39 is 33.3 Å². The molecule has 0 radical (unpaired) electrons. The molecule has 1 saturated carbocycles. The highest BCUT2D eigenvalue weighted by atomic mass is 32.2. The summed E-state index contributed by atoms with van der Waals surface area (Å²) in [5, 5.41) is 0. The third-order valence-electron chi connectivity index (χ3n) is 3.98. The summed E-state index contributed by atoms with van der Waals surface area (Å²) in [5.41, 5.74) is -1.83. The van der Waals surface area contributed by atoms with Crippen LogP contribution in [0.3, 0.4) is 0 Å². The number of ether oxygens (including phenoxy) is 1. The monoisotopic (exact) mass is 383 g/mol. The van der Waals surface area contributed by atoms with E-state index in [-0.39, 0.29) is 24.4 Å². The first-order chi connectivity index (χ1) is 11.6. The fraction of sp³-hybridized carbons (Fsp3) is 0.625. The zero-order valence-electron chi connectivity index (χ0n) is 13.8. The van der Waals surface area contributed by atoms with Gasteiger partial charge in [0.1, 0.15) is 5.82 Å². The highest BCUT2D eigenvalue weighted by molar-refractivity contribution is 7.92. The van der Waals surface area contributed by atoms with E-state index in [1.165, 1.54) is 0 Å². The van der Waals surface area contributed by atoms with Crippen LogP contribution in [-0.2, 0) is 20.9 Å². The molecule has 25 heavy (non-hydrogen) atoms. The average molecular weight is 383 g/mol. The molecule has 0 saturated heterocycles.